The molecule has 0 bridgehead atoms. The summed E-state index contributed by atoms with van der Waals surface area (Å²) in [6, 6.07) is 0.976. The minimum Gasteiger partial charge on any atom is -0.366 e. The van der Waals surface area contributed by atoms with E-state index in [0.717, 1.165) is 0 Å². The lowest BCUT2D eigenvalue weighted by Crippen LogP contribution is -2.45. The Balaban J connectivity index is 2.08. The Morgan fingerprint density at radius 3 is 2.67 bits per heavy atom. The normalized spacial score (nSPS) is 19.6. The largest absolute Gasteiger partial charge is 0.366 e. The standard InChI is InChI=1S/C11H11F3N2O2/c12-6-3-8(14)9(4-7(6)13)16-11(17)10-5-15-1-2-18-10/h3-4,10,15H,1-2,5H2,(H,16,17). The summed E-state index contributed by atoms with van der Waals surface area (Å²) in [6.45, 7) is 1.28. The van der Waals surface area contributed by atoms with Crippen LogP contribution >= 0.6 is 0 Å². The molecule has 98 valence electrons. The minimum absolute atomic E-state index is 0.289. The SMILES string of the molecule is O=C(Nc1cc(F)c(F)cc1F)C1CNCCO1. The number of anilines is 1. The molecule has 0 spiro atoms. The number of hydrogen-bond acceptors (Lipinski definition) is 3. The highest BCUT2D eigenvalue weighted by Gasteiger charge is 2.23. The molecule has 1 heterocycles. The fourth-order valence-corrected chi connectivity index (χ4v) is 1.57. The highest BCUT2D eigenvalue weighted by atomic mass is 19.2. The number of carbonyl (C=O) groups excluding carboxylic acids is 1. The summed E-state index contributed by atoms with van der Waals surface area (Å²) < 4.78 is 44.0. The zero-order valence-electron chi connectivity index (χ0n) is 9.30. The van der Waals surface area contributed by atoms with Crippen LogP contribution < -0.4 is 10.6 Å². The number of carbonyl (C=O) groups is 1. The van der Waals surface area contributed by atoms with E-state index in [9.17, 15) is 18.0 Å². The van der Waals surface area contributed by atoms with Crippen LogP contribution in [0.2, 0.25) is 0 Å². The summed E-state index contributed by atoms with van der Waals surface area (Å²) in [7, 11) is 0. The predicted molar refractivity (Wildman–Crippen MR) is 57.6 cm³/mol. The first kappa shape index (κ1) is 12.8. The van der Waals surface area contributed by atoms with Crippen LogP contribution in [0, 0.1) is 17.5 Å². The molecule has 1 atom stereocenters. The fourth-order valence-electron chi connectivity index (χ4n) is 1.57. The summed E-state index contributed by atoms with van der Waals surface area (Å²) in [5.74, 6) is -4.17. The Kier molecular flexibility index (Phi) is 3.83. The molecule has 0 aromatic heterocycles. The van der Waals surface area contributed by atoms with E-state index >= 15 is 0 Å². The Morgan fingerprint density at radius 1 is 1.28 bits per heavy atom. The van der Waals surface area contributed by atoms with Gasteiger partial charge in [0.25, 0.3) is 5.91 Å². The lowest BCUT2D eigenvalue weighted by Gasteiger charge is -2.22. The first-order chi connectivity index (χ1) is 8.58. The van der Waals surface area contributed by atoms with Gasteiger partial charge in [0.1, 0.15) is 11.9 Å². The van der Waals surface area contributed by atoms with Gasteiger partial charge in [-0.3, -0.25) is 4.79 Å². The Morgan fingerprint density at radius 2 is 2.00 bits per heavy atom. The number of nitrogens with one attached hydrogen (secondary N) is 2. The van der Waals surface area contributed by atoms with Crippen LogP contribution in [0.3, 0.4) is 0 Å². The summed E-state index contributed by atoms with van der Waals surface area (Å²) in [4.78, 5) is 11.7. The van der Waals surface area contributed by atoms with Crippen molar-refractivity contribution in [3.63, 3.8) is 0 Å². The number of halogens is 3. The third-order valence-electron chi connectivity index (χ3n) is 2.49. The van der Waals surface area contributed by atoms with Crippen LogP contribution in [-0.2, 0) is 9.53 Å². The van der Waals surface area contributed by atoms with Gasteiger partial charge < -0.3 is 15.4 Å². The zero-order chi connectivity index (χ0) is 13.1. The van der Waals surface area contributed by atoms with Gasteiger partial charge in [-0.1, -0.05) is 0 Å². The van der Waals surface area contributed by atoms with E-state index in [1.165, 1.54) is 0 Å². The minimum atomic E-state index is -1.30. The topological polar surface area (TPSA) is 50.4 Å². The van der Waals surface area contributed by atoms with E-state index in [1.54, 1.807) is 0 Å². The molecular formula is C11H11F3N2O2. The van der Waals surface area contributed by atoms with Crippen LogP contribution in [0.1, 0.15) is 0 Å². The van der Waals surface area contributed by atoms with Crippen molar-refractivity contribution in [1.82, 2.24) is 5.32 Å². The van der Waals surface area contributed by atoms with Crippen molar-refractivity contribution < 1.29 is 22.7 Å². The number of amides is 1. The van der Waals surface area contributed by atoms with Crippen LogP contribution in [0.5, 0.6) is 0 Å². The van der Waals surface area contributed by atoms with Crippen molar-refractivity contribution in [2.45, 2.75) is 6.10 Å². The summed E-state index contributed by atoms with van der Waals surface area (Å²) in [5.41, 5.74) is -0.409. The molecule has 18 heavy (non-hydrogen) atoms. The maximum Gasteiger partial charge on any atom is 0.254 e. The van der Waals surface area contributed by atoms with Gasteiger partial charge in [0.15, 0.2) is 11.6 Å². The molecule has 0 aliphatic carbocycles. The number of ether oxygens (including phenoxy) is 1. The quantitative estimate of drug-likeness (QED) is 0.781. The van der Waals surface area contributed by atoms with Gasteiger partial charge in [-0.15, -0.1) is 0 Å². The monoisotopic (exact) mass is 260 g/mol. The maximum absolute atomic E-state index is 13.3. The van der Waals surface area contributed by atoms with Crippen LogP contribution in [-0.4, -0.2) is 31.7 Å². The second-order valence-corrected chi connectivity index (χ2v) is 3.80. The third kappa shape index (κ3) is 2.80. The lowest BCUT2D eigenvalue weighted by molar-refractivity contribution is -0.128. The van der Waals surface area contributed by atoms with E-state index in [2.05, 4.69) is 10.6 Å². The van der Waals surface area contributed by atoms with Crippen molar-refractivity contribution in [1.29, 1.82) is 0 Å². The lowest BCUT2D eigenvalue weighted by atomic mass is 10.2. The van der Waals surface area contributed by atoms with E-state index in [-0.39, 0.29) is 6.54 Å². The van der Waals surface area contributed by atoms with Gasteiger partial charge in [0.2, 0.25) is 0 Å². The van der Waals surface area contributed by atoms with Gasteiger partial charge >= 0.3 is 0 Å². The third-order valence-corrected chi connectivity index (χ3v) is 2.49. The Labute approximate surface area is 101 Å². The van der Waals surface area contributed by atoms with Crippen molar-refractivity contribution >= 4 is 11.6 Å². The zero-order valence-corrected chi connectivity index (χ0v) is 9.30. The first-order valence-electron chi connectivity index (χ1n) is 5.35. The molecular weight excluding hydrogens is 249 g/mol. The molecule has 1 aromatic carbocycles. The average Bonchev–Trinajstić information content (AvgIpc) is 2.37. The molecule has 1 aliphatic rings. The number of benzene rings is 1. The molecule has 1 fully saturated rings. The summed E-state index contributed by atoms with van der Waals surface area (Å²) in [5, 5.41) is 5.09. The van der Waals surface area contributed by atoms with E-state index in [4.69, 9.17) is 4.74 Å². The van der Waals surface area contributed by atoms with Gasteiger partial charge in [-0.2, -0.15) is 0 Å². The molecule has 1 unspecified atom stereocenters. The smallest absolute Gasteiger partial charge is 0.254 e. The van der Waals surface area contributed by atoms with Crippen LogP contribution in [0.25, 0.3) is 0 Å². The Bertz CT molecular complexity index is 462. The van der Waals surface area contributed by atoms with Gasteiger partial charge in [0.05, 0.1) is 12.3 Å². The van der Waals surface area contributed by atoms with E-state index in [0.29, 0.717) is 25.3 Å². The van der Waals surface area contributed by atoms with Crippen molar-refractivity contribution in [2.75, 3.05) is 25.0 Å². The van der Waals surface area contributed by atoms with Gasteiger partial charge in [-0.25, -0.2) is 13.2 Å². The van der Waals surface area contributed by atoms with Gasteiger partial charge in [0, 0.05) is 25.2 Å². The highest BCUT2D eigenvalue weighted by molar-refractivity contribution is 5.94. The molecule has 0 radical (unpaired) electrons. The van der Waals surface area contributed by atoms with Crippen molar-refractivity contribution in [3.8, 4) is 0 Å². The second-order valence-electron chi connectivity index (χ2n) is 3.80. The van der Waals surface area contributed by atoms with E-state index in [1.807, 2.05) is 0 Å². The molecule has 0 saturated carbocycles. The fraction of sp³-hybridized carbons (Fsp3) is 0.364. The van der Waals surface area contributed by atoms with E-state index < -0.39 is 35.2 Å². The maximum atomic E-state index is 13.3. The second kappa shape index (κ2) is 5.36. The summed E-state index contributed by atoms with van der Waals surface area (Å²) >= 11 is 0. The number of rotatable bonds is 2. The van der Waals surface area contributed by atoms with Crippen molar-refractivity contribution in [2.24, 2.45) is 0 Å². The average molecular weight is 260 g/mol. The molecule has 1 aliphatic heterocycles. The first-order valence-corrected chi connectivity index (χ1v) is 5.35. The molecule has 1 aromatic rings. The highest BCUT2D eigenvalue weighted by Crippen LogP contribution is 2.18. The molecule has 1 amide bonds. The number of morpholine rings is 1. The summed E-state index contributed by atoms with van der Waals surface area (Å²) in [6.07, 6.45) is -0.772. The molecule has 2 N–H and O–H groups in total. The number of hydrogen-bond donors (Lipinski definition) is 2. The van der Waals surface area contributed by atoms with Crippen LogP contribution in [0.15, 0.2) is 12.1 Å². The van der Waals surface area contributed by atoms with Gasteiger partial charge in [-0.05, 0) is 0 Å². The molecule has 1 saturated heterocycles. The Hall–Kier alpha value is -1.60. The van der Waals surface area contributed by atoms with Crippen molar-refractivity contribution in [3.05, 3.63) is 29.6 Å². The van der Waals surface area contributed by atoms with Crippen LogP contribution in [0.4, 0.5) is 18.9 Å². The molecule has 4 nitrogen and oxygen atoms in total. The molecule has 2 rings (SSSR count). The molecule has 7 heteroatoms. The predicted octanol–water partition coefficient (Wildman–Crippen LogP) is 1.03.